The smallest absolute Gasteiger partial charge is 0.251 e. The van der Waals surface area contributed by atoms with Gasteiger partial charge >= 0.3 is 0 Å². The largest absolute Gasteiger partial charge is 0.478 e. The van der Waals surface area contributed by atoms with E-state index in [-0.39, 0.29) is 5.91 Å². The predicted molar refractivity (Wildman–Crippen MR) is 92.2 cm³/mol. The van der Waals surface area contributed by atoms with Gasteiger partial charge in [-0.05, 0) is 43.0 Å². The fourth-order valence-electron chi connectivity index (χ4n) is 2.48. The molecule has 0 fully saturated rings. The van der Waals surface area contributed by atoms with Crippen molar-refractivity contribution in [1.82, 2.24) is 15.1 Å². The molecule has 0 aliphatic heterocycles. The van der Waals surface area contributed by atoms with E-state index in [2.05, 4.69) is 16.5 Å². The molecule has 23 heavy (non-hydrogen) atoms. The van der Waals surface area contributed by atoms with E-state index in [1.807, 2.05) is 37.6 Å². The van der Waals surface area contributed by atoms with E-state index in [4.69, 9.17) is 4.74 Å². The van der Waals surface area contributed by atoms with Crippen molar-refractivity contribution < 1.29 is 9.53 Å². The van der Waals surface area contributed by atoms with Crippen LogP contribution < -0.4 is 10.1 Å². The van der Waals surface area contributed by atoms with Gasteiger partial charge in [0.1, 0.15) is 0 Å². The second-order valence-electron chi connectivity index (χ2n) is 5.18. The van der Waals surface area contributed by atoms with Gasteiger partial charge < -0.3 is 10.1 Å². The molecule has 3 rings (SSSR count). The van der Waals surface area contributed by atoms with Gasteiger partial charge in [0, 0.05) is 24.0 Å². The lowest BCUT2D eigenvalue weighted by molar-refractivity contribution is 0.0954. The van der Waals surface area contributed by atoms with Crippen molar-refractivity contribution in [1.29, 1.82) is 0 Å². The maximum atomic E-state index is 12.3. The van der Waals surface area contributed by atoms with Gasteiger partial charge in [-0.15, -0.1) is 11.3 Å². The number of nitrogens with one attached hydrogen (secondary N) is 1. The number of thiophene rings is 1. The SMILES string of the molecule is CCOc1c2ccc(C(=O)NCCc3cccs3)cc2nn1C. The zero-order valence-corrected chi connectivity index (χ0v) is 14.0. The lowest BCUT2D eigenvalue weighted by atomic mass is 10.1. The van der Waals surface area contributed by atoms with Crippen molar-refractivity contribution >= 4 is 28.1 Å². The molecule has 0 bridgehead atoms. The van der Waals surface area contributed by atoms with Crippen molar-refractivity contribution in [2.75, 3.05) is 13.2 Å². The minimum absolute atomic E-state index is 0.0768. The maximum Gasteiger partial charge on any atom is 0.251 e. The van der Waals surface area contributed by atoms with Gasteiger partial charge in [0.25, 0.3) is 5.91 Å². The number of benzene rings is 1. The molecule has 1 aromatic carbocycles. The van der Waals surface area contributed by atoms with Gasteiger partial charge in [0.15, 0.2) is 0 Å². The number of aryl methyl sites for hydroxylation is 1. The van der Waals surface area contributed by atoms with Crippen LogP contribution in [-0.2, 0) is 13.5 Å². The molecule has 2 aromatic heterocycles. The number of hydrogen-bond acceptors (Lipinski definition) is 4. The Balaban J connectivity index is 1.71. The van der Waals surface area contributed by atoms with Crippen molar-refractivity contribution in [3.05, 3.63) is 46.2 Å². The first-order chi connectivity index (χ1) is 11.2. The number of fused-ring (bicyclic) bond motifs is 1. The first-order valence-electron chi connectivity index (χ1n) is 7.59. The van der Waals surface area contributed by atoms with E-state index >= 15 is 0 Å². The van der Waals surface area contributed by atoms with E-state index in [0.29, 0.717) is 18.7 Å². The van der Waals surface area contributed by atoms with Crippen molar-refractivity contribution in [2.45, 2.75) is 13.3 Å². The number of amides is 1. The normalized spacial score (nSPS) is 10.9. The van der Waals surface area contributed by atoms with Gasteiger partial charge in [-0.1, -0.05) is 6.07 Å². The van der Waals surface area contributed by atoms with Crippen LogP contribution in [-0.4, -0.2) is 28.8 Å². The Hall–Kier alpha value is -2.34. The Labute approximate surface area is 138 Å². The molecule has 0 radical (unpaired) electrons. The van der Waals surface area contributed by atoms with E-state index in [9.17, 15) is 4.79 Å². The van der Waals surface area contributed by atoms with Crippen LogP contribution in [0.5, 0.6) is 5.88 Å². The van der Waals surface area contributed by atoms with Gasteiger partial charge in [0.05, 0.1) is 17.5 Å². The molecule has 0 unspecified atom stereocenters. The van der Waals surface area contributed by atoms with E-state index < -0.39 is 0 Å². The average molecular weight is 329 g/mol. The molecule has 3 aromatic rings. The van der Waals surface area contributed by atoms with Gasteiger partial charge in [-0.3, -0.25) is 4.79 Å². The lowest BCUT2D eigenvalue weighted by Crippen LogP contribution is -2.25. The highest BCUT2D eigenvalue weighted by Crippen LogP contribution is 2.25. The summed E-state index contributed by atoms with van der Waals surface area (Å²) in [5, 5.41) is 10.3. The number of carbonyl (C=O) groups excluding carboxylic acids is 1. The molecule has 5 nitrogen and oxygen atoms in total. The Morgan fingerprint density at radius 3 is 3.00 bits per heavy atom. The fourth-order valence-corrected chi connectivity index (χ4v) is 3.19. The zero-order chi connectivity index (χ0) is 16.2. The highest BCUT2D eigenvalue weighted by atomic mass is 32.1. The Kier molecular flexibility index (Phi) is 4.62. The van der Waals surface area contributed by atoms with E-state index in [1.54, 1.807) is 22.1 Å². The molecular formula is C17H19N3O2S. The Morgan fingerprint density at radius 1 is 1.39 bits per heavy atom. The number of carbonyl (C=O) groups is 1. The minimum atomic E-state index is -0.0768. The van der Waals surface area contributed by atoms with Crippen LogP contribution in [0.3, 0.4) is 0 Å². The molecule has 1 N–H and O–H groups in total. The molecule has 1 amide bonds. The minimum Gasteiger partial charge on any atom is -0.478 e. The highest BCUT2D eigenvalue weighted by molar-refractivity contribution is 7.09. The molecule has 0 saturated carbocycles. The van der Waals surface area contributed by atoms with Gasteiger partial charge in [0.2, 0.25) is 5.88 Å². The van der Waals surface area contributed by atoms with E-state index in [1.165, 1.54) is 4.88 Å². The second-order valence-corrected chi connectivity index (χ2v) is 6.21. The second kappa shape index (κ2) is 6.83. The molecule has 0 saturated heterocycles. The molecule has 0 atom stereocenters. The predicted octanol–water partition coefficient (Wildman–Crippen LogP) is 3.01. The monoisotopic (exact) mass is 329 g/mol. The number of rotatable bonds is 6. The van der Waals surface area contributed by atoms with Crippen molar-refractivity contribution in [2.24, 2.45) is 7.05 Å². The van der Waals surface area contributed by atoms with Crippen LogP contribution in [0.25, 0.3) is 10.9 Å². The Morgan fingerprint density at radius 2 is 2.26 bits per heavy atom. The fraction of sp³-hybridized carbons (Fsp3) is 0.294. The number of nitrogens with zero attached hydrogens (tertiary/aromatic N) is 2. The molecule has 0 spiro atoms. The molecule has 0 aliphatic carbocycles. The van der Waals surface area contributed by atoms with Crippen molar-refractivity contribution in [3.8, 4) is 5.88 Å². The van der Waals surface area contributed by atoms with Crippen LogP contribution in [0.4, 0.5) is 0 Å². The van der Waals surface area contributed by atoms with Crippen LogP contribution in [0.1, 0.15) is 22.2 Å². The first-order valence-corrected chi connectivity index (χ1v) is 8.47. The molecule has 2 heterocycles. The number of aromatic nitrogens is 2. The summed E-state index contributed by atoms with van der Waals surface area (Å²) in [5.74, 6) is 0.652. The van der Waals surface area contributed by atoms with Crippen molar-refractivity contribution in [3.63, 3.8) is 0 Å². The third-order valence-corrected chi connectivity index (χ3v) is 4.50. The quantitative estimate of drug-likeness (QED) is 0.756. The molecule has 6 heteroatoms. The lowest BCUT2D eigenvalue weighted by Gasteiger charge is -2.05. The zero-order valence-electron chi connectivity index (χ0n) is 13.2. The summed E-state index contributed by atoms with van der Waals surface area (Å²) in [4.78, 5) is 13.5. The van der Waals surface area contributed by atoms with E-state index in [0.717, 1.165) is 23.2 Å². The third-order valence-electron chi connectivity index (χ3n) is 3.56. The third kappa shape index (κ3) is 3.37. The van der Waals surface area contributed by atoms with Gasteiger partial charge in [-0.25, -0.2) is 4.68 Å². The van der Waals surface area contributed by atoms with Crippen LogP contribution in [0.15, 0.2) is 35.7 Å². The average Bonchev–Trinajstić information content (AvgIpc) is 3.15. The van der Waals surface area contributed by atoms with Crippen LogP contribution in [0, 0.1) is 0 Å². The molecule has 0 aliphatic rings. The summed E-state index contributed by atoms with van der Waals surface area (Å²) in [5.41, 5.74) is 1.38. The summed E-state index contributed by atoms with van der Waals surface area (Å²) in [6.07, 6.45) is 0.851. The maximum absolute atomic E-state index is 12.3. The summed E-state index contributed by atoms with van der Waals surface area (Å²) in [6.45, 7) is 3.15. The Bertz CT molecular complexity index is 809. The topological polar surface area (TPSA) is 56.1 Å². The first kappa shape index (κ1) is 15.6. The number of ether oxygens (including phenoxy) is 1. The summed E-state index contributed by atoms with van der Waals surface area (Å²) < 4.78 is 7.30. The summed E-state index contributed by atoms with van der Waals surface area (Å²) in [7, 11) is 1.84. The summed E-state index contributed by atoms with van der Waals surface area (Å²) >= 11 is 1.70. The van der Waals surface area contributed by atoms with Gasteiger partial charge in [-0.2, -0.15) is 5.10 Å². The van der Waals surface area contributed by atoms with Crippen LogP contribution in [0.2, 0.25) is 0 Å². The highest BCUT2D eigenvalue weighted by Gasteiger charge is 2.13. The molecule has 120 valence electrons. The number of hydrogen-bond donors (Lipinski definition) is 1. The summed E-state index contributed by atoms with van der Waals surface area (Å²) in [6, 6.07) is 9.60. The standard InChI is InChI=1S/C17H19N3O2S/c1-3-22-17-14-7-6-12(11-15(14)19-20(17)2)16(21)18-9-8-13-5-4-10-23-13/h4-7,10-11H,3,8-9H2,1-2H3,(H,18,21). The van der Waals surface area contributed by atoms with Crippen LogP contribution >= 0.6 is 11.3 Å². The molecular weight excluding hydrogens is 310 g/mol.